The molecular formula is C14H22N4S. The summed E-state index contributed by atoms with van der Waals surface area (Å²) < 4.78 is 2.07. The van der Waals surface area contributed by atoms with Crippen LogP contribution in [0, 0.1) is 0 Å². The third kappa shape index (κ3) is 4.16. The Morgan fingerprint density at radius 1 is 1.32 bits per heavy atom. The Balaban J connectivity index is 1.86. The van der Waals surface area contributed by atoms with Crippen LogP contribution in [0.2, 0.25) is 0 Å². The minimum Gasteiger partial charge on any atom is -0.337 e. The first kappa shape index (κ1) is 14.2. The first-order valence-corrected chi connectivity index (χ1v) is 7.43. The SMILES string of the molecule is CCNCc1ccc(CN(C)Cc2nccn2C)s1. The van der Waals surface area contributed by atoms with Gasteiger partial charge in [0.2, 0.25) is 0 Å². The molecule has 0 radical (unpaired) electrons. The zero-order chi connectivity index (χ0) is 13.7. The molecule has 0 aliphatic heterocycles. The van der Waals surface area contributed by atoms with E-state index >= 15 is 0 Å². The third-order valence-corrected chi connectivity index (χ3v) is 4.09. The maximum absolute atomic E-state index is 4.36. The van der Waals surface area contributed by atoms with Gasteiger partial charge in [-0.15, -0.1) is 11.3 Å². The number of hydrogen-bond donors (Lipinski definition) is 1. The van der Waals surface area contributed by atoms with Gasteiger partial charge < -0.3 is 9.88 Å². The maximum Gasteiger partial charge on any atom is 0.122 e. The summed E-state index contributed by atoms with van der Waals surface area (Å²) in [4.78, 5) is 9.47. The van der Waals surface area contributed by atoms with E-state index in [-0.39, 0.29) is 0 Å². The molecule has 19 heavy (non-hydrogen) atoms. The van der Waals surface area contributed by atoms with Gasteiger partial charge in [0.05, 0.1) is 6.54 Å². The monoisotopic (exact) mass is 278 g/mol. The molecule has 0 unspecified atom stereocenters. The van der Waals surface area contributed by atoms with Crippen molar-refractivity contribution in [3.63, 3.8) is 0 Å². The van der Waals surface area contributed by atoms with Gasteiger partial charge in [-0.3, -0.25) is 4.90 Å². The molecule has 0 saturated carbocycles. The zero-order valence-corrected chi connectivity index (χ0v) is 12.7. The molecule has 0 aliphatic rings. The molecule has 0 bridgehead atoms. The largest absolute Gasteiger partial charge is 0.337 e. The van der Waals surface area contributed by atoms with E-state index in [1.54, 1.807) is 0 Å². The van der Waals surface area contributed by atoms with Crippen molar-refractivity contribution < 1.29 is 0 Å². The molecule has 0 aliphatic carbocycles. The van der Waals surface area contributed by atoms with E-state index in [9.17, 15) is 0 Å². The van der Waals surface area contributed by atoms with Crippen LogP contribution in [0.15, 0.2) is 24.5 Å². The summed E-state index contributed by atoms with van der Waals surface area (Å²) in [6.07, 6.45) is 3.84. The summed E-state index contributed by atoms with van der Waals surface area (Å²) in [6.45, 7) is 5.99. The number of imidazole rings is 1. The summed E-state index contributed by atoms with van der Waals surface area (Å²) in [6, 6.07) is 4.45. The Hall–Kier alpha value is -1.17. The predicted molar refractivity (Wildman–Crippen MR) is 80.1 cm³/mol. The van der Waals surface area contributed by atoms with E-state index < -0.39 is 0 Å². The van der Waals surface area contributed by atoms with Crippen LogP contribution in [-0.4, -0.2) is 28.0 Å². The average Bonchev–Trinajstić information content (AvgIpc) is 2.97. The van der Waals surface area contributed by atoms with Crippen molar-refractivity contribution in [3.05, 3.63) is 40.1 Å². The van der Waals surface area contributed by atoms with E-state index in [4.69, 9.17) is 0 Å². The molecule has 0 saturated heterocycles. The third-order valence-electron chi connectivity index (χ3n) is 3.02. The minimum atomic E-state index is 0.879. The molecule has 2 heterocycles. The van der Waals surface area contributed by atoms with Crippen LogP contribution in [0.25, 0.3) is 0 Å². The van der Waals surface area contributed by atoms with Crippen LogP contribution in [-0.2, 0) is 26.7 Å². The zero-order valence-electron chi connectivity index (χ0n) is 11.9. The van der Waals surface area contributed by atoms with Crippen molar-refractivity contribution in [2.24, 2.45) is 7.05 Å². The second-order valence-corrected chi connectivity index (χ2v) is 6.03. The lowest BCUT2D eigenvalue weighted by molar-refractivity contribution is 0.310. The second-order valence-electron chi connectivity index (χ2n) is 4.78. The van der Waals surface area contributed by atoms with Crippen LogP contribution in [0.3, 0.4) is 0 Å². The molecule has 1 N–H and O–H groups in total. The van der Waals surface area contributed by atoms with Gasteiger partial charge in [-0.2, -0.15) is 0 Å². The van der Waals surface area contributed by atoms with E-state index in [0.717, 1.165) is 32.0 Å². The number of hydrogen-bond acceptors (Lipinski definition) is 4. The van der Waals surface area contributed by atoms with Crippen LogP contribution in [0.4, 0.5) is 0 Å². The van der Waals surface area contributed by atoms with Gasteiger partial charge in [-0.1, -0.05) is 6.92 Å². The van der Waals surface area contributed by atoms with E-state index in [2.05, 4.69) is 45.9 Å². The lowest BCUT2D eigenvalue weighted by Gasteiger charge is -2.15. The summed E-state index contributed by atoms with van der Waals surface area (Å²) in [7, 11) is 4.17. The number of rotatable bonds is 7. The molecule has 0 atom stereocenters. The molecule has 104 valence electrons. The highest BCUT2D eigenvalue weighted by molar-refractivity contribution is 7.11. The Labute approximate surface area is 119 Å². The Morgan fingerprint density at radius 3 is 2.79 bits per heavy atom. The smallest absolute Gasteiger partial charge is 0.122 e. The summed E-state index contributed by atoms with van der Waals surface area (Å²) >= 11 is 1.89. The standard InChI is InChI=1S/C14H22N4S/c1-4-15-9-12-5-6-13(19-12)10-17(2)11-14-16-7-8-18(14)3/h5-8,15H,4,9-11H2,1-3H3. The van der Waals surface area contributed by atoms with Gasteiger partial charge in [0, 0.05) is 42.3 Å². The summed E-state index contributed by atoms with van der Waals surface area (Å²) in [5, 5.41) is 3.36. The molecule has 0 amide bonds. The van der Waals surface area contributed by atoms with Crippen molar-refractivity contribution >= 4 is 11.3 Å². The summed E-state index contributed by atoms with van der Waals surface area (Å²) in [5.74, 6) is 1.10. The Morgan fingerprint density at radius 2 is 2.11 bits per heavy atom. The fraction of sp³-hybridized carbons (Fsp3) is 0.500. The molecule has 2 aromatic heterocycles. The number of aromatic nitrogens is 2. The van der Waals surface area contributed by atoms with Crippen molar-refractivity contribution in [2.75, 3.05) is 13.6 Å². The number of aryl methyl sites for hydroxylation is 1. The Bertz CT molecular complexity index is 503. The molecule has 0 spiro atoms. The quantitative estimate of drug-likeness (QED) is 0.843. The van der Waals surface area contributed by atoms with Crippen LogP contribution >= 0.6 is 11.3 Å². The molecule has 2 aromatic rings. The van der Waals surface area contributed by atoms with Gasteiger partial charge >= 0.3 is 0 Å². The topological polar surface area (TPSA) is 33.1 Å². The molecule has 0 fully saturated rings. The van der Waals surface area contributed by atoms with E-state index in [1.807, 2.05) is 30.8 Å². The maximum atomic E-state index is 4.36. The molecular weight excluding hydrogens is 256 g/mol. The fourth-order valence-electron chi connectivity index (χ4n) is 1.96. The molecule has 4 nitrogen and oxygen atoms in total. The predicted octanol–water partition coefficient (Wildman–Crippen LogP) is 2.22. The van der Waals surface area contributed by atoms with E-state index in [1.165, 1.54) is 9.75 Å². The first-order valence-electron chi connectivity index (χ1n) is 6.62. The van der Waals surface area contributed by atoms with Crippen LogP contribution in [0.1, 0.15) is 22.5 Å². The van der Waals surface area contributed by atoms with Gasteiger partial charge in [0.25, 0.3) is 0 Å². The normalized spacial score (nSPS) is 11.4. The molecule has 0 aromatic carbocycles. The van der Waals surface area contributed by atoms with Gasteiger partial charge in [-0.05, 0) is 25.7 Å². The highest BCUT2D eigenvalue weighted by Gasteiger charge is 2.07. The molecule has 5 heteroatoms. The highest BCUT2D eigenvalue weighted by atomic mass is 32.1. The highest BCUT2D eigenvalue weighted by Crippen LogP contribution is 2.18. The molecule has 2 rings (SSSR count). The van der Waals surface area contributed by atoms with Crippen molar-refractivity contribution in [1.82, 2.24) is 19.8 Å². The van der Waals surface area contributed by atoms with Crippen molar-refractivity contribution in [1.29, 1.82) is 0 Å². The lowest BCUT2D eigenvalue weighted by atomic mass is 10.4. The van der Waals surface area contributed by atoms with Crippen LogP contribution < -0.4 is 5.32 Å². The number of thiophene rings is 1. The van der Waals surface area contributed by atoms with Gasteiger partial charge in [0.15, 0.2) is 0 Å². The van der Waals surface area contributed by atoms with Crippen molar-refractivity contribution in [3.8, 4) is 0 Å². The fourth-order valence-corrected chi connectivity index (χ4v) is 3.03. The van der Waals surface area contributed by atoms with E-state index in [0.29, 0.717) is 0 Å². The Kier molecular flexibility index (Phi) is 5.13. The minimum absolute atomic E-state index is 0.879. The van der Waals surface area contributed by atoms with Gasteiger partial charge in [0.1, 0.15) is 5.82 Å². The average molecular weight is 278 g/mol. The summed E-state index contributed by atoms with van der Waals surface area (Å²) in [5.41, 5.74) is 0. The van der Waals surface area contributed by atoms with Crippen molar-refractivity contribution in [2.45, 2.75) is 26.6 Å². The van der Waals surface area contributed by atoms with Gasteiger partial charge in [-0.25, -0.2) is 4.98 Å². The van der Waals surface area contributed by atoms with Crippen LogP contribution in [0.5, 0.6) is 0 Å². The lowest BCUT2D eigenvalue weighted by Crippen LogP contribution is -2.18. The first-order chi connectivity index (χ1) is 9.19. The second kappa shape index (κ2) is 6.84. The number of nitrogens with zero attached hydrogens (tertiary/aromatic N) is 3. The number of nitrogens with one attached hydrogen (secondary N) is 1.